The highest BCUT2D eigenvalue weighted by atomic mass is 32.1. The summed E-state index contributed by atoms with van der Waals surface area (Å²) in [6.07, 6.45) is 0. The number of aromatic hydroxyl groups is 1. The van der Waals surface area contributed by atoms with E-state index in [0.717, 1.165) is 16.7 Å². The van der Waals surface area contributed by atoms with E-state index >= 15 is 0 Å². The zero-order chi connectivity index (χ0) is 20.4. The first kappa shape index (κ1) is 19.0. The largest absolute Gasteiger partial charge is 0.506 e. The van der Waals surface area contributed by atoms with Gasteiger partial charge in [-0.25, -0.2) is 0 Å². The number of nitrogens with zero attached hydrogens (tertiary/aromatic N) is 3. The van der Waals surface area contributed by atoms with Gasteiger partial charge < -0.3 is 10.8 Å². The number of hydrogen-bond acceptors (Lipinski definition) is 6. The maximum Gasteiger partial charge on any atom is 0.184 e. The van der Waals surface area contributed by atoms with Crippen LogP contribution < -0.4 is 11.2 Å². The van der Waals surface area contributed by atoms with Crippen LogP contribution in [0, 0.1) is 0 Å². The average molecular weight is 420 g/mol. The van der Waals surface area contributed by atoms with Gasteiger partial charge in [-0.2, -0.15) is 5.10 Å². The molecule has 4 aromatic rings. The van der Waals surface area contributed by atoms with Crippen molar-refractivity contribution in [2.75, 3.05) is 0 Å². The number of benzene rings is 2. The Labute approximate surface area is 176 Å². The van der Waals surface area contributed by atoms with E-state index in [9.17, 15) is 5.11 Å². The summed E-state index contributed by atoms with van der Waals surface area (Å²) in [4.78, 5) is 1.21. The van der Waals surface area contributed by atoms with Crippen LogP contribution in [0.3, 0.4) is 0 Å². The second kappa shape index (κ2) is 7.94. The van der Waals surface area contributed by atoms with Gasteiger partial charge in [0.15, 0.2) is 9.94 Å². The molecule has 0 unspecified atom stereocenters. The molecule has 8 heteroatoms. The Hall–Kier alpha value is -3.36. The van der Waals surface area contributed by atoms with Crippen LogP contribution >= 0.6 is 23.6 Å². The van der Waals surface area contributed by atoms with Crippen molar-refractivity contribution in [3.63, 3.8) is 0 Å². The summed E-state index contributed by atoms with van der Waals surface area (Å²) in [5.41, 5.74) is 12.0. The molecule has 2 aromatic heterocycles. The van der Waals surface area contributed by atoms with Gasteiger partial charge in [0.25, 0.3) is 0 Å². The molecule has 0 saturated heterocycles. The Bertz CT molecular complexity index is 1220. The predicted molar refractivity (Wildman–Crippen MR) is 122 cm³/mol. The molecule has 4 rings (SSSR count). The van der Waals surface area contributed by atoms with Crippen LogP contribution in [0.25, 0.3) is 32.6 Å². The summed E-state index contributed by atoms with van der Waals surface area (Å²) in [5.74, 6) is 0.113. The van der Waals surface area contributed by atoms with E-state index < -0.39 is 0 Å². The molecule has 144 valence electrons. The van der Waals surface area contributed by atoms with Crippen LogP contribution in [0.5, 0.6) is 5.75 Å². The van der Waals surface area contributed by atoms with Crippen LogP contribution in [-0.4, -0.2) is 26.1 Å². The van der Waals surface area contributed by atoms with Gasteiger partial charge >= 0.3 is 0 Å². The number of thiocarbonyl (C=S) groups is 1. The van der Waals surface area contributed by atoms with Crippen LogP contribution in [0.15, 0.2) is 65.8 Å². The van der Waals surface area contributed by atoms with Gasteiger partial charge in [0.2, 0.25) is 0 Å². The number of hydrazone groups is 1. The third kappa shape index (κ3) is 3.67. The van der Waals surface area contributed by atoms with Crippen molar-refractivity contribution < 1.29 is 5.11 Å². The van der Waals surface area contributed by atoms with Crippen LogP contribution in [0.2, 0.25) is 0 Å². The first-order chi connectivity index (χ1) is 14.1. The van der Waals surface area contributed by atoms with Crippen molar-refractivity contribution in [1.29, 1.82) is 0 Å². The van der Waals surface area contributed by atoms with Crippen molar-refractivity contribution in [3.8, 4) is 28.1 Å². The second-order valence-electron chi connectivity index (χ2n) is 6.29. The lowest BCUT2D eigenvalue weighted by Gasteiger charge is -2.10. The molecule has 0 saturated carbocycles. The highest BCUT2D eigenvalue weighted by Gasteiger charge is 2.23. The lowest BCUT2D eigenvalue weighted by atomic mass is 9.97. The van der Waals surface area contributed by atoms with E-state index in [1.807, 2.05) is 60.7 Å². The number of nitrogens with one attached hydrogen (secondary N) is 1. The quantitative estimate of drug-likeness (QED) is 0.259. The van der Waals surface area contributed by atoms with Gasteiger partial charge in [-0.3, -0.25) is 5.43 Å². The molecule has 2 heterocycles. The molecule has 0 amide bonds. The van der Waals surface area contributed by atoms with E-state index in [1.54, 1.807) is 6.92 Å². The Morgan fingerprint density at radius 2 is 1.66 bits per heavy atom. The van der Waals surface area contributed by atoms with Gasteiger partial charge in [0.1, 0.15) is 11.4 Å². The average Bonchev–Trinajstić information content (AvgIpc) is 3.09. The van der Waals surface area contributed by atoms with Gasteiger partial charge in [0.05, 0.1) is 16.0 Å². The molecule has 6 nitrogen and oxygen atoms in total. The predicted octanol–water partition coefficient (Wildman–Crippen LogP) is 4.29. The fraction of sp³-hybridized carbons (Fsp3) is 0.0476. The Kier molecular flexibility index (Phi) is 5.20. The van der Waals surface area contributed by atoms with Crippen molar-refractivity contribution >= 4 is 44.6 Å². The van der Waals surface area contributed by atoms with E-state index in [2.05, 4.69) is 20.7 Å². The zero-order valence-corrected chi connectivity index (χ0v) is 17.1. The number of rotatable bonds is 4. The zero-order valence-electron chi connectivity index (χ0n) is 15.5. The van der Waals surface area contributed by atoms with E-state index in [4.69, 9.17) is 18.0 Å². The summed E-state index contributed by atoms with van der Waals surface area (Å²) in [6, 6.07) is 19.7. The van der Waals surface area contributed by atoms with E-state index in [0.29, 0.717) is 26.5 Å². The molecule has 0 aliphatic carbocycles. The van der Waals surface area contributed by atoms with Crippen LogP contribution in [0.1, 0.15) is 11.8 Å². The fourth-order valence-corrected chi connectivity index (χ4v) is 4.10. The lowest BCUT2D eigenvalue weighted by Crippen LogP contribution is -2.25. The monoisotopic (exact) mass is 419 g/mol. The summed E-state index contributed by atoms with van der Waals surface area (Å²) in [5, 5.41) is 24.8. The highest BCUT2D eigenvalue weighted by molar-refractivity contribution is 7.80. The second-order valence-corrected chi connectivity index (χ2v) is 7.73. The topological polar surface area (TPSA) is 96.4 Å². The van der Waals surface area contributed by atoms with Crippen molar-refractivity contribution in [2.24, 2.45) is 10.8 Å². The summed E-state index contributed by atoms with van der Waals surface area (Å²) in [6.45, 7) is 1.77. The molecule has 0 fully saturated rings. The van der Waals surface area contributed by atoms with Crippen molar-refractivity contribution in [3.05, 3.63) is 65.5 Å². The minimum atomic E-state index is 0.0566. The molecule has 0 aliphatic rings. The summed E-state index contributed by atoms with van der Waals surface area (Å²) >= 11 is 6.11. The molecule has 0 aliphatic heterocycles. The fourth-order valence-electron chi connectivity index (χ4n) is 3.09. The van der Waals surface area contributed by atoms with Gasteiger partial charge in [-0.05, 0) is 24.7 Å². The van der Waals surface area contributed by atoms with Gasteiger partial charge in [0, 0.05) is 11.1 Å². The molecule has 4 N–H and O–H groups in total. The van der Waals surface area contributed by atoms with E-state index in [-0.39, 0.29) is 10.9 Å². The lowest BCUT2D eigenvalue weighted by molar-refractivity contribution is 0.482. The molecule has 29 heavy (non-hydrogen) atoms. The minimum Gasteiger partial charge on any atom is -0.506 e. The first-order valence-corrected chi connectivity index (χ1v) is 10.0. The Morgan fingerprint density at radius 1 is 1.03 bits per heavy atom. The summed E-state index contributed by atoms with van der Waals surface area (Å²) < 4.78 is 0. The number of thiophene rings is 1. The third-order valence-corrected chi connectivity index (χ3v) is 5.63. The molecule has 0 bridgehead atoms. The number of hydrogen-bond donors (Lipinski definition) is 3. The normalized spacial score (nSPS) is 11.6. The Balaban J connectivity index is 2.01. The molecular formula is C21H17N5OS2. The molecule has 0 spiro atoms. The minimum absolute atomic E-state index is 0.0566. The summed E-state index contributed by atoms with van der Waals surface area (Å²) in [7, 11) is 0. The number of aromatic nitrogens is 2. The van der Waals surface area contributed by atoms with Gasteiger partial charge in [-0.15, -0.1) is 21.5 Å². The van der Waals surface area contributed by atoms with Crippen molar-refractivity contribution in [1.82, 2.24) is 15.6 Å². The molecule has 0 radical (unpaired) electrons. The third-order valence-electron chi connectivity index (χ3n) is 4.36. The van der Waals surface area contributed by atoms with Gasteiger partial charge in [-0.1, -0.05) is 60.7 Å². The highest BCUT2D eigenvalue weighted by Crippen LogP contribution is 2.45. The molecular weight excluding hydrogens is 402 g/mol. The maximum absolute atomic E-state index is 11.1. The Morgan fingerprint density at radius 3 is 2.28 bits per heavy atom. The first-order valence-electron chi connectivity index (χ1n) is 8.79. The standard InChI is InChI=1S/C21H17N5OS2/c1-12(23-26-21(22)28)19-18(27)16-15(13-8-4-2-5-9-13)17(24-25-20(16)29-19)14-10-6-3-7-11-14/h2-11,27H,1H3,(H3,22,26,28)/b23-12+. The van der Waals surface area contributed by atoms with Crippen LogP contribution in [-0.2, 0) is 0 Å². The van der Waals surface area contributed by atoms with Crippen LogP contribution in [0.4, 0.5) is 0 Å². The SMILES string of the molecule is C/C(=N\NC(N)=S)c1sc2nnc(-c3ccccc3)c(-c3ccccc3)c2c1O. The molecule has 0 atom stereocenters. The smallest absolute Gasteiger partial charge is 0.184 e. The van der Waals surface area contributed by atoms with Crippen molar-refractivity contribution in [2.45, 2.75) is 6.92 Å². The number of fused-ring (bicyclic) bond motifs is 1. The number of nitrogens with two attached hydrogens (primary N) is 1. The maximum atomic E-state index is 11.1. The molecule has 2 aromatic carbocycles. The van der Waals surface area contributed by atoms with E-state index in [1.165, 1.54) is 11.3 Å².